The predicted molar refractivity (Wildman–Crippen MR) is 95.8 cm³/mol. The van der Waals surface area contributed by atoms with Crippen LogP contribution in [0.3, 0.4) is 0 Å². The highest BCUT2D eigenvalue weighted by atomic mass is 32.2. The second-order valence-corrected chi connectivity index (χ2v) is 9.60. The number of unbranched alkanes of at least 4 members (excludes halogenated alkanes) is 1. The largest absolute Gasteiger partial charge is 0.456 e. The minimum atomic E-state index is -3.05. The van der Waals surface area contributed by atoms with Crippen LogP contribution >= 0.6 is 0 Å². The predicted octanol–water partition coefficient (Wildman–Crippen LogP) is 2.32. The maximum Gasteiger partial charge on any atom is 0.306 e. The maximum atomic E-state index is 12.5. The van der Waals surface area contributed by atoms with Gasteiger partial charge in [0.25, 0.3) is 5.91 Å². The normalized spacial score (nSPS) is 23.3. The van der Waals surface area contributed by atoms with Gasteiger partial charge in [0.15, 0.2) is 16.4 Å². The van der Waals surface area contributed by atoms with Gasteiger partial charge in [0.1, 0.15) is 0 Å². The molecule has 2 fully saturated rings. The van der Waals surface area contributed by atoms with E-state index in [0.717, 1.165) is 38.5 Å². The Balaban J connectivity index is 1.82. The molecule has 1 aliphatic carbocycles. The summed E-state index contributed by atoms with van der Waals surface area (Å²) >= 11 is 0. The summed E-state index contributed by atoms with van der Waals surface area (Å²) in [5.74, 6) is -0.0390. The zero-order valence-corrected chi connectivity index (χ0v) is 16.1. The van der Waals surface area contributed by atoms with E-state index in [-0.39, 0.29) is 36.0 Å². The van der Waals surface area contributed by atoms with E-state index in [1.165, 1.54) is 6.42 Å². The van der Waals surface area contributed by atoms with Crippen LogP contribution in [0.15, 0.2) is 0 Å². The molecule has 1 aliphatic heterocycles. The maximum absolute atomic E-state index is 12.5. The molecular weight excluding hydrogens is 342 g/mol. The van der Waals surface area contributed by atoms with Gasteiger partial charge in [-0.1, -0.05) is 32.6 Å². The zero-order chi connectivity index (χ0) is 18.3. The molecule has 0 aromatic rings. The number of amides is 1. The highest BCUT2D eigenvalue weighted by Crippen LogP contribution is 2.26. The van der Waals surface area contributed by atoms with Crippen LogP contribution in [0.25, 0.3) is 0 Å². The number of carbonyl (C=O) groups is 2. The number of rotatable bonds is 8. The third kappa shape index (κ3) is 6.60. The van der Waals surface area contributed by atoms with Gasteiger partial charge in [-0.3, -0.25) is 9.59 Å². The fraction of sp³-hybridized carbons (Fsp3) is 0.889. The molecule has 1 heterocycles. The molecule has 1 atom stereocenters. The van der Waals surface area contributed by atoms with Crippen LogP contribution in [0.4, 0.5) is 0 Å². The molecule has 0 spiro atoms. The Morgan fingerprint density at radius 1 is 1.12 bits per heavy atom. The van der Waals surface area contributed by atoms with Crippen molar-refractivity contribution in [1.82, 2.24) is 4.90 Å². The lowest BCUT2D eigenvalue weighted by Crippen LogP contribution is -2.44. The van der Waals surface area contributed by atoms with Crippen molar-refractivity contribution in [3.05, 3.63) is 0 Å². The van der Waals surface area contributed by atoms with Gasteiger partial charge in [0.2, 0.25) is 0 Å². The topological polar surface area (TPSA) is 80.8 Å². The van der Waals surface area contributed by atoms with E-state index in [1.54, 1.807) is 4.90 Å². The second kappa shape index (κ2) is 9.55. The molecule has 2 rings (SSSR count). The summed E-state index contributed by atoms with van der Waals surface area (Å²) in [5.41, 5.74) is 0. The lowest BCUT2D eigenvalue weighted by molar-refractivity contribution is -0.153. The molecule has 0 N–H and O–H groups in total. The summed E-state index contributed by atoms with van der Waals surface area (Å²) in [7, 11) is -3.05. The first-order valence-corrected chi connectivity index (χ1v) is 11.4. The highest BCUT2D eigenvalue weighted by molar-refractivity contribution is 7.91. The summed E-state index contributed by atoms with van der Waals surface area (Å²) < 4.78 is 28.6. The van der Waals surface area contributed by atoms with Crippen molar-refractivity contribution < 1.29 is 22.7 Å². The molecule has 7 heteroatoms. The van der Waals surface area contributed by atoms with Gasteiger partial charge < -0.3 is 9.64 Å². The Kier molecular flexibility index (Phi) is 7.72. The summed E-state index contributed by atoms with van der Waals surface area (Å²) in [5, 5.41) is 0. The van der Waals surface area contributed by atoms with Crippen LogP contribution in [-0.2, 0) is 24.2 Å². The van der Waals surface area contributed by atoms with Crippen molar-refractivity contribution >= 4 is 21.7 Å². The number of esters is 1. The summed E-state index contributed by atoms with van der Waals surface area (Å²) in [6.07, 6.45) is 8.30. The van der Waals surface area contributed by atoms with Gasteiger partial charge in [-0.05, 0) is 31.6 Å². The highest BCUT2D eigenvalue weighted by Gasteiger charge is 2.34. The minimum Gasteiger partial charge on any atom is -0.456 e. The van der Waals surface area contributed by atoms with E-state index in [4.69, 9.17) is 4.74 Å². The van der Waals surface area contributed by atoms with Crippen LogP contribution in [0.5, 0.6) is 0 Å². The van der Waals surface area contributed by atoms with Crippen molar-refractivity contribution in [3.63, 3.8) is 0 Å². The summed E-state index contributed by atoms with van der Waals surface area (Å²) in [6.45, 7) is 2.28. The molecule has 144 valence electrons. The van der Waals surface area contributed by atoms with E-state index in [9.17, 15) is 18.0 Å². The second-order valence-electron chi connectivity index (χ2n) is 7.37. The van der Waals surface area contributed by atoms with E-state index in [1.807, 2.05) is 6.92 Å². The number of hydrogen-bond donors (Lipinski definition) is 0. The molecule has 6 nitrogen and oxygen atoms in total. The average molecular weight is 374 g/mol. The third-order valence-electron chi connectivity index (χ3n) is 5.26. The SMILES string of the molecule is CCCCN(C(=O)COC(=O)CC1CCCCC1)C1CCS(=O)(=O)C1. The molecule has 1 saturated heterocycles. The molecular formula is C18H31NO5S. The van der Waals surface area contributed by atoms with Crippen LogP contribution in [0.1, 0.15) is 64.7 Å². The number of ether oxygens (including phenoxy) is 1. The molecule has 0 radical (unpaired) electrons. The third-order valence-corrected chi connectivity index (χ3v) is 7.01. The van der Waals surface area contributed by atoms with Crippen LogP contribution in [0.2, 0.25) is 0 Å². The Labute approximate surface area is 151 Å². The van der Waals surface area contributed by atoms with Gasteiger partial charge in [-0.25, -0.2) is 8.42 Å². The molecule has 0 bridgehead atoms. The Morgan fingerprint density at radius 2 is 1.84 bits per heavy atom. The standard InChI is InChI=1S/C18H31NO5S/c1-2-3-10-19(16-9-11-25(22,23)14-16)17(20)13-24-18(21)12-15-7-5-4-6-8-15/h15-16H,2-14H2,1H3. The van der Waals surface area contributed by atoms with E-state index >= 15 is 0 Å². The van der Waals surface area contributed by atoms with Crippen LogP contribution in [-0.4, -0.2) is 55.9 Å². The first-order chi connectivity index (χ1) is 11.9. The van der Waals surface area contributed by atoms with Crippen molar-refractivity contribution in [3.8, 4) is 0 Å². The molecule has 1 saturated carbocycles. The van der Waals surface area contributed by atoms with Crippen LogP contribution < -0.4 is 0 Å². The van der Waals surface area contributed by atoms with Gasteiger partial charge in [0, 0.05) is 19.0 Å². The fourth-order valence-corrected chi connectivity index (χ4v) is 5.50. The number of hydrogen-bond acceptors (Lipinski definition) is 5. The van der Waals surface area contributed by atoms with Crippen molar-refractivity contribution in [1.29, 1.82) is 0 Å². The van der Waals surface area contributed by atoms with E-state index in [2.05, 4.69) is 0 Å². The number of carbonyl (C=O) groups excluding carboxylic acids is 2. The Bertz CT molecular complexity index is 554. The summed E-state index contributed by atoms with van der Waals surface area (Å²) in [6, 6.07) is -0.277. The first kappa shape index (κ1) is 20.2. The number of sulfone groups is 1. The van der Waals surface area contributed by atoms with Gasteiger partial charge in [0.05, 0.1) is 11.5 Å². The minimum absolute atomic E-state index is 0.0263. The monoisotopic (exact) mass is 373 g/mol. The van der Waals surface area contributed by atoms with E-state index in [0.29, 0.717) is 25.3 Å². The van der Waals surface area contributed by atoms with Crippen molar-refractivity contribution in [2.24, 2.45) is 5.92 Å². The van der Waals surface area contributed by atoms with Crippen molar-refractivity contribution in [2.45, 2.75) is 70.8 Å². The number of nitrogens with zero attached hydrogens (tertiary/aromatic N) is 1. The Morgan fingerprint density at radius 3 is 2.44 bits per heavy atom. The smallest absolute Gasteiger partial charge is 0.306 e. The lowest BCUT2D eigenvalue weighted by Gasteiger charge is -2.28. The summed E-state index contributed by atoms with van der Waals surface area (Å²) in [4.78, 5) is 26.1. The van der Waals surface area contributed by atoms with Gasteiger partial charge in [-0.2, -0.15) is 0 Å². The average Bonchev–Trinajstić information content (AvgIpc) is 2.94. The van der Waals surface area contributed by atoms with Gasteiger partial charge in [-0.15, -0.1) is 0 Å². The zero-order valence-electron chi connectivity index (χ0n) is 15.2. The molecule has 25 heavy (non-hydrogen) atoms. The quantitative estimate of drug-likeness (QED) is 0.610. The molecule has 2 aliphatic rings. The lowest BCUT2D eigenvalue weighted by atomic mass is 9.87. The molecule has 0 aromatic carbocycles. The van der Waals surface area contributed by atoms with Gasteiger partial charge >= 0.3 is 5.97 Å². The fourth-order valence-electron chi connectivity index (χ4n) is 3.77. The van der Waals surface area contributed by atoms with E-state index < -0.39 is 9.84 Å². The van der Waals surface area contributed by atoms with Crippen molar-refractivity contribution in [2.75, 3.05) is 24.7 Å². The molecule has 1 unspecified atom stereocenters. The Hall–Kier alpha value is -1.11. The van der Waals surface area contributed by atoms with Crippen LogP contribution in [0, 0.1) is 5.92 Å². The first-order valence-electron chi connectivity index (χ1n) is 9.57. The molecule has 0 aromatic heterocycles. The molecule has 1 amide bonds.